The Bertz CT molecular complexity index is 955. The van der Waals surface area contributed by atoms with Crippen LogP contribution < -0.4 is 21.2 Å². The highest BCUT2D eigenvalue weighted by atomic mass is 32.1. The van der Waals surface area contributed by atoms with Gasteiger partial charge in [-0.25, -0.2) is 0 Å². The molecule has 160 valence electrons. The number of rotatable bonds is 6. The molecule has 5 heteroatoms. The Hall–Kier alpha value is -2.57. The Morgan fingerprint density at radius 3 is 0.906 bits per heavy atom. The van der Waals surface area contributed by atoms with Crippen LogP contribution in [0.15, 0.2) is 121 Å². The Labute approximate surface area is 199 Å². The second-order valence-electron chi connectivity index (χ2n) is 7.30. The van der Waals surface area contributed by atoms with Gasteiger partial charge in [-0.2, -0.15) is 0 Å². The van der Waals surface area contributed by atoms with Gasteiger partial charge in [0.05, 0.1) is 16.1 Å². The summed E-state index contributed by atoms with van der Waals surface area (Å²) in [7, 11) is 2.69. The zero-order chi connectivity index (χ0) is 22.3. The van der Waals surface area contributed by atoms with Crippen molar-refractivity contribution in [3.8, 4) is 0 Å². The summed E-state index contributed by atoms with van der Waals surface area (Å²) in [6.45, 7) is 0. The van der Waals surface area contributed by atoms with Crippen LogP contribution in [-0.2, 0) is 0 Å². The van der Waals surface area contributed by atoms with Crippen LogP contribution in [0.5, 0.6) is 0 Å². The van der Waals surface area contributed by atoms with Crippen LogP contribution in [0, 0.1) is 0 Å². The molecule has 0 radical (unpaired) electrons. The number of hydrogen-bond donors (Lipinski definition) is 0. The van der Waals surface area contributed by atoms with Gasteiger partial charge in [0.1, 0.15) is 0 Å². The number of thiocarbonyl (C=S) groups is 1. The van der Waals surface area contributed by atoms with Crippen molar-refractivity contribution in [1.82, 2.24) is 9.34 Å². The topological polar surface area (TPSA) is 6.48 Å². The molecule has 0 aromatic heterocycles. The average Bonchev–Trinajstić information content (AvgIpc) is 2.86. The van der Waals surface area contributed by atoms with Gasteiger partial charge in [0.25, 0.3) is 0 Å². The molecule has 0 aliphatic rings. The zero-order valence-electron chi connectivity index (χ0n) is 18.2. The predicted molar refractivity (Wildman–Crippen MR) is 146 cm³/mol. The van der Waals surface area contributed by atoms with E-state index in [1.54, 1.807) is 0 Å². The summed E-state index contributed by atoms with van der Waals surface area (Å²) < 4.78 is 4.58. The van der Waals surface area contributed by atoms with E-state index in [4.69, 9.17) is 12.2 Å². The first-order valence-corrected chi connectivity index (χ1v) is 13.5. The van der Waals surface area contributed by atoms with Gasteiger partial charge in [-0.05, 0) is 12.2 Å². The molecule has 0 heterocycles. The number of nitrogens with zero attached hydrogens (tertiary/aromatic N) is 2. The lowest BCUT2D eigenvalue weighted by Crippen LogP contribution is -2.40. The van der Waals surface area contributed by atoms with Crippen molar-refractivity contribution in [2.24, 2.45) is 0 Å². The Balaban J connectivity index is 1.71. The average molecular weight is 473 g/mol. The quantitative estimate of drug-likeness (QED) is 0.280. The highest BCUT2D eigenvalue weighted by molar-refractivity contribution is 7.83. The molecule has 2 nitrogen and oxygen atoms in total. The van der Waals surface area contributed by atoms with E-state index in [-0.39, 0.29) is 0 Å². The normalized spacial score (nSPS) is 10.9. The Kier molecular flexibility index (Phi) is 7.66. The SMILES string of the molecule is CN(C(=S)N(C)P(c1ccccc1)c1ccccc1)P(c1ccccc1)c1ccccc1. The van der Waals surface area contributed by atoms with Gasteiger partial charge >= 0.3 is 0 Å². The third-order valence-corrected chi connectivity index (χ3v) is 10.7. The molecule has 0 atom stereocenters. The van der Waals surface area contributed by atoms with Crippen molar-refractivity contribution in [3.05, 3.63) is 121 Å². The molecule has 0 N–H and O–H groups in total. The molecule has 0 unspecified atom stereocenters. The standard InChI is InChI=1S/C27H26N2P2S/c1-28(30(23-15-7-3-8-16-23)24-17-9-4-10-18-24)27(32)29(2)31(25-19-11-5-12-20-25)26-21-13-6-14-22-26/h3-22H,1-2H3. The van der Waals surface area contributed by atoms with E-state index in [1.807, 2.05) is 0 Å². The van der Waals surface area contributed by atoms with Gasteiger partial charge in [0.2, 0.25) is 0 Å². The van der Waals surface area contributed by atoms with E-state index >= 15 is 0 Å². The highest BCUT2D eigenvalue weighted by Crippen LogP contribution is 2.43. The summed E-state index contributed by atoms with van der Waals surface area (Å²) in [5.41, 5.74) is 0. The fourth-order valence-electron chi connectivity index (χ4n) is 3.65. The van der Waals surface area contributed by atoms with Crippen molar-refractivity contribution < 1.29 is 0 Å². The third-order valence-electron chi connectivity index (χ3n) is 5.16. The summed E-state index contributed by atoms with van der Waals surface area (Å²) in [5, 5.41) is 6.00. The first kappa shape index (κ1) is 22.6. The fourth-order valence-corrected chi connectivity index (χ4v) is 8.62. The van der Waals surface area contributed by atoms with E-state index in [9.17, 15) is 0 Å². The molecule has 4 rings (SSSR count). The van der Waals surface area contributed by atoms with Crippen molar-refractivity contribution in [1.29, 1.82) is 0 Å². The predicted octanol–water partition coefficient (Wildman–Crippen LogP) is 5.23. The van der Waals surface area contributed by atoms with Crippen molar-refractivity contribution >= 4 is 54.7 Å². The minimum atomic E-state index is -0.786. The second kappa shape index (κ2) is 10.8. The van der Waals surface area contributed by atoms with Crippen molar-refractivity contribution in [3.63, 3.8) is 0 Å². The summed E-state index contributed by atoms with van der Waals surface area (Å²) in [6.07, 6.45) is 0. The molecule has 0 amide bonds. The van der Waals surface area contributed by atoms with E-state index in [2.05, 4.69) is 145 Å². The lowest BCUT2D eigenvalue weighted by atomic mass is 10.4. The molecule has 0 saturated heterocycles. The Morgan fingerprint density at radius 2 is 0.688 bits per heavy atom. The van der Waals surface area contributed by atoms with Gasteiger partial charge in [-0.15, -0.1) is 0 Å². The maximum absolute atomic E-state index is 6.14. The largest absolute Gasteiger partial charge is 0.323 e. The molecule has 4 aromatic carbocycles. The Morgan fingerprint density at radius 1 is 0.469 bits per heavy atom. The second-order valence-corrected chi connectivity index (χ2v) is 12.2. The summed E-state index contributed by atoms with van der Waals surface area (Å²) in [5.74, 6) is 0. The van der Waals surface area contributed by atoms with Gasteiger partial charge in [0.15, 0.2) is 5.11 Å². The number of benzene rings is 4. The van der Waals surface area contributed by atoms with Crippen LogP contribution in [0.2, 0.25) is 0 Å². The first-order chi connectivity index (χ1) is 15.7. The molecule has 32 heavy (non-hydrogen) atoms. The maximum Gasteiger partial charge on any atom is 0.178 e. The van der Waals surface area contributed by atoms with Crippen LogP contribution in [0.4, 0.5) is 0 Å². The van der Waals surface area contributed by atoms with Crippen LogP contribution >= 0.6 is 28.4 Å². The lowest BCUT2D eigenvalue weighted by Gasteiger charge is -2.38. The van der Waals surface area contributed by atoms with Gasteiger partial charge in [-0.1, -0.05) is 121 Å². The highest BCUT2D eigenvalue weighted by Gasteiger charge is 2.28. The molecule has 0 aliphatic heterocycles. The third kappa shape index (κ3) is 5.08. The zero-order valence-corrected chi connectivity index (χ0v) is 20.8. The summed E-state index contributed by atoms with van der Waals surface area (Å²) in [4.78, 5) is 0. The fraction of sp³-hybridized carbons (Fsp3) is 0.0741. The van der Waals surface area contributed by atoms with Gasteiger partial charge in [-0.3, -0.25) is 0 Å². The molecule has 4 aromatic rings. The molecular weight excluding hydrogens is 446 g/mol. The minimum Gasteiger partial charge on any atom is -0.323 e. The van der Waals surface area contributed by atoms with E-state index in [1.165, 1.54) is 21.2 Å². The molecule has 0 fully saturated rings. The van der Waals surface area contributed by atoms with Crippen LogP contribution in [0.1, 0.15) is 0 Å². The lowest BCUT2D eigenvalue weighted by molar-refractivity contribution is 0.699. The smallest absolute Gasteiger partial charge is 0.178 e. The van der Waals surface area contributed by atoms with Crippen molar-refractivity contribution in [2.75, 3.05) is 14.1 Å². The van der Waals surface area contributed by atoms with E-state index < -0.39 is 16.1 Å². The summed E-state index contributed by atoms with van der Waals surface area (Å²) >= 11 is 6.14. The van der Waals surface area contributed by atoms with Gasteiger partial charge in [0, 0.05) is 35.3 Å². The molecule has 0 saturated carbocycles. The van der Waals surface area contributed by atoms with Crippen molar-refractivity contribution in [2.45, 2.75) is 0 Å². The first-order valence-electron chi connectivity index (χ1n) is 10.5. The van der Waals surface area contributed by atoms with Crippen LogP contribution in [0.25, 0.3) is 0 Å². The van der Waals surface area contributed by atoms with Crippen LogP contribution in [-0.4, -0.2) is 28.5 Å². The minimum absolute atomic E-state index is 0.786. The molecule has 0 aliphatic carbocycles. The van der Waals surface area contributed by atoms with Gasteiger partial charge < -0.3 is 9.34 Å². The monoisotopic (exact) mass is 472 g/mol. The van der Waals surface area contributed by atoms with E-state index in [0.29, 0.717) is 0 Å². The molecule has 0 spiro atoms. The molecule has 0 bridgehead atoms. The number of hydrogen-bond acceptors (Lipinski definition) is 1. The summed E-state index contributed by atoms with van der Waals surface area (Å²) in [6, 6.07) is 42.7. The van der Waals surface area contributed by atoms with E-state index in [0.717, 1.165) is 5.11 Å². The molecular formula is C27H26N2P2S. The maximum atomic E-state index is 6.14. The van der Waals surface area contributed by atoms with Crippen LogP contribution in [0.3, 0.4) is 0 Å².